The second-order valence-electron chi connectivity index (χ2n) is 9.19. The Morgan fingerprint density at radius 2 is 1.74 bits per heavy atom. The number of hydrogen-bond acceptors (Lipinski definition) is 6. The topological polar surface area (TPSA) is 95.9 Å². The van der Waals surface area contributed by atoms with Crippen LogP contribution < -0.4 is 10.6 Å². The molecular weight excluding hydrogens is 442 g/mol. The van der Waals surface area contributed by atoms with Gasteiger partial charge < -0.3 is 20.3 Å². The normalized spacial score (nSPS) is 13.1. The van der Waals surface area contributed by atoms with E-state index in [9.17, 15) is 9.59 Å². The minimum absolute atomic E-state index is 0.159. The number of amides is 2. The molecule has 35 heavy (non-hydrogen) atoms. The van der Waals surface area contributed by atoms with Crippen LogP contribution in [0.4, 0.5) is 22.0 Å². The fraction of sp³-hybridized carbons (Fsp3) is 0.333. The number of allylic oxidation sites excluding steroid dienone is 4. The average molecular weight is 476 g/mol. The molecule has 2 amide bonds. The monoisotopic (exact) mass is 475 g/mol. The highest BCUT2D eigenvalue weighted by atomic mass is 16.6. The maximum absolute atomic E-state index is 12.6. The van der Waals surface area contributed by atoms with Gasteiger partial charge in [0.1, 0.15) is 18.0 Å². The van der Waals surface area contributed by atoms with Crippen LogP contribution in [0.5, 0.6) is 0 Å². The summed E-state index contributed by atoms with van der Waals surface area (Å²) in [6.07, 6.45) is 9.61. The highest BCUT2D eigenvalue weighted by molar-refractivity contribution is 6.05. The van der Waals surface area contributed by atoms with E-state index in [1.807, 2.05) is 48.6 Å². The second-order valence-corrected chi connectivity index (χ2v) is 9.19. The fourth-order valence-electron chi connectivity index (χ4n) is 3.21. The lowest BCUT2D eigenvalue weighted by Crippen LogP contribution is -2.38. The van der Waals surface area contributed by atoms with Crippen LogP contribution in [-0.2, 0) is 16.1 Å². The zero-order valence-corrected chi connectivity index (χ0v) is 20.7. The second kappa shape index (κ2) is 12.0. The Bertz CT molecular complexity index is 1100. The summed E-state index contributed by atoms with van der Waals surface area (Å²) < 4.78 is 5.30. The fourth-order valence-corrected chi connectivity index (χ4v) is 3.21. The zero-order chi connectivity index (χ0) is 25.3. The number of nitrogens with zero attached hydrogens (tertiary/aromatic N) is 3. The Morgan fingerprint density at radius 1 is 1.06 bits per heavy atom. The summed E-state index contributed by atoms with van der Waals surface area (Å²) in [6, 6.07) is 13.4. The van der Waals surface area contributed by atoms with Gasteiger partial charge in [-0.25, -0.2) is 14.8 Å². The largest absolute Gasteiger partial charge is 0.444 e. The predicted molar refractivity (Wildman–Crippen MR) is 140 cm³/mol. The Hall–Kier alpha value is -3.94. The number of hydrogen-bond donors (Lipinski definition) is 2. The van der Waals surface area contributed by atoms with Crippen molar-refractivity contribution in [2.75, 3.05) is 24.2 Å². The molecule has 0 bridgehead atoms. The van der Waals surface area contributed by atoms with Crippen LogP contribution in [0.15, 0.2) is 71.8 Å². The highest BCUT2D eigenvalue weighted by Gasteiger charge is 2.21. The minimum Gasteiger partial charge on any atom is -0.444 e. The summed E-state index contributed by atoms with van der Waals surface area (Å²) >= 11 is 0. The van der Waals surface area contributed by atoms with E-state index < -0.39 is 11.7 Å². The number of rotatable bonds is 7. The maximum Gasteiger partial charge on any atom is 0.410 e. The molecule has 0 saturated carbocycles. The highest BCUT2D eigenvalue weighted by Crippen LogP contribution is 2.23. The van der Waals surface area contributed by atoms with Crippen molar-refractivity contribution in [3.63, 3.8) is 0 Å². The van der Waals surface area contributed by atoms with Gasteiger partial charge in [0, 0.05) is 12.7 Å². The molecule has 0 fully saturated rings. The van der Waals surface area contributed by atoms with Crippen LogP contribution >= 0.6 is 0 Å². The van der Waals surface area contributed by atoms with Crippen molar-refractivity contribution in [1.29, 1.82) is 0 Å². The number of para-hydroxylation sites is 1. The Balaban J connectivity index is 1.76. The molecule has 8 nitrogen and oxygen atoms in total. The molecule has 1 aliphatic carbocycles. The molecular formula is C27H33N5O3. The summed E-state index contributed by atoms with van der Waals surface area (Å²) in [7, 11) is 1.52. The molecule has 1 aromatic heterocycles. The van der Waals surface area contributed by atoms with E-state index in [1.54, 1.807) is 26.8 Å². The Kier molecular flexibility index (Phi) is 8.78. The number of ether oxygens (including phenoxy) is 1. The molecule has 0 aliphatic heterocycles. The van der Waals surface area contributed by atoms with Crippen LogP contribution in [-0.4, -0.2) is 46.8 Å². The third kappa shape index (κ3) is 8.73. The molecule has 1 heterocycles. The van der Waals surface area contributed by atoms with Gasteiger partial charge in [-0.2, -0.15) is 0 Å². The Labute approximate surface area is 206 Å². The molecule has 0 spiro atoms. The van der Waals surface area contributed by atoms with Gasteiger partial charge in [-0.3, -0.25) is 4.79 Å². The van der Waals surface area contributed by atoms with Crippen molar-refractivity contribution in [3.05, 3.63) is 72.5 Å². The van der Waals surface area contributed by atoms with E-state index in [1.165, 1.54) is 11.9 Å². The van der Waals surface area contributed by atoms with Gasteiger partial charge in [0.05, 0.1) is 23.6 Å². The lowest BCUT2D eigenvalue weighted by Gasteiger charge is -2.24. The molecule has 184 valence electrons. The van der Waals surface area contributed by atoms with Crippen LogP contribution in [0, 0.1) is 0 Å². The molecule has 0 radical (unpaired) electrons. The van der Waals surface area contributed by atoms with Crippen LogP contribution in [0.25, 0.3) is 0 Å². The molecule has 0 unspecified atom stereocenters. The number of aliphatic imine (C=N–C) groups is 1. The number of anilines is 2. The SMILES string of the molecule is CN(CC(=O)Nc1ccc(N=C2C=CCCC=C2)c(CNc2ccccc2)n1)C(=O)OC(C)(C)C. The molecule has 1 aliphatic rings. The molecule has 2 N–H and O–H groups in total. The molecule has 3 rings (SSSR count). The third-order valence-electron chi connectivity index (χ3n) is 4.86. The van der Waals surface area contributed by atoms with Gasteiger partial charge in [0.15, 0.2) is 0 Å². The van der Waals surface area contributed by atoms with E-state index in [-0.39, 0.29) is 12.5 Å². The smallest absolute Gasteiger partial charge is 0.410 e. The standard InChI is InChI=1S/C27H33N5O3/c1-27(2,3)35-26(34)32(4)19-25(33)31-24-17-16-22(29-21-14-8-5-6-9-15-21)23(30-24)18-28-20-12-10-7-11-13-20/h7-17,28H,5-6,18-19H2,1-4H3,(H,30,31,33). The first-order chi connectivity index (χ1) is 16.7. The van der Waals surface area contributed by atoms with Gasteiger partial charge in [-0.1, -0.05) is 30.4 Å². The summed E-state index contributed by atoms with van der Waals surface area (Å²) in [5.74, 6) is 0.00915. The zero-order valence-electron chi connectivity index (χ0n) is 20.7. The van der Waals surface area contributed by atoms with E-state index in [0.717, 1.165) is 24.2 Å². The number of aromatic nitrogens is 1. The quantitative estimate of drug-likeness (QED) is 0.553. The maximum atomic E-state index is 12.6. The predicted octanol–water partition coefficient (Wildman–Crippen LogP) is 5.48. The van der Waals surface area contributed by atoms with E-state index in [2.05, 4.69) is 27.8 Å². The van der Waals surface area contributed by atoms with Gasteiger partial charge in [-0.05, 0) is 70.0 Å². The minimum atomic E-state index is -0.636. The lowest BCUT2D eigenvalue weighted by molar-refractivity contribution is -0.117. The first-order valence-electron chi connectivity index (χ1n) is 11.6. The number of nitrogens with one attached hydrogen (secondary N) is 2. The van der Waals surface area contributed by atoms with Gasteiger partial charge in [0.25, 0.3) is 0 Å². The van der Waals surface area contributed by atoms with Crippen molar-refractivity contribution in [2.45, 2.75) is 45.8 Å². The van der Waals surface area contributed by atoms with Crippen molar-refractivity contribution in [1.82, 2.24) is 9.88 Å². The van der Waals surface area contributed by atoms with E-state index in [4.69, 9.17) is 9.73 Å². The molecule has 0 atom stereocenters. The average Bonchev–Trinajstić information content (AvgIpc) is 3.07. The van der Waals surface area contributed by atoms with Crippen molar-refractivity contribution in [2.24, 2.45) is 4.99 Å². The Morgan fingerprint density at radius 3 is 2.40 bits per heavy atom. The molecule has 0 saturated heterocycles. The molecule has 2 aromatic rings. The van der Waals surface area contributed by atoms with Gasteiger partial charge in [-0.15, -0.1) is 0 Å². The molecule has 1 aromatic carbocycles. The lowest BCUT2D eigenvalue weighted by atomic mass is 10.2. The van der Waals surface area contributed by atoms with Crippen LogP contribution in [0.2, 0.25) is 0 Å². The van der Waals surface area contributed by atoms with Crippen molar-refractivity contribution >= 4 is 34.9 Å². The summed E-state index contributed by atoms with van der Waals surface area (Å²) in [5.41, 5.74) is 2.56. The number of likely N-dealkylation sites (N-methyl/N-ethyl adjacent to an activating group) is 1. The molecule has 8 heteroatoms. The van der Waals surface area contributed by atoms with Gasteiger partial charge in [0.2, 0.25) is 5.91 Å². The number of carbonyl (C=O) groups is 2. The van der Waals surface area contributed by atoms with Crippen molar-refractivity contribution in [3.8, 4) is 0 Å². The summed E-state index contributed by atoms with van der Waals surface area (Å²) in [6.45, 7) is 5.59. The van der Waals surface area contributed by atoms with E-state index >= 15 is 0 Å². The summed E-state index contributed by atoms with van der Waals surface area (Å²) in [4.78, 5) is 35.4. The first-order valence-corrected chi connectivity index (χ1v) is 11.6. The summed E-state index contributed by atoms with van der Waals surface area (Å²) in [5, 5.41) is 6.12. The van der Waals surface area contributed by atoms with Crippen LogP contribution in [0.1, 0.15) is 39.3 Å². The van der Waals surface area contributed by atoms with E-state index in [0.29, 0.717) is 23.7 Å². The van der Waals surface area contributed by atoms with Crippen LogP contribution in [0.3, 0.4) is 0 Å². The first kappa shape index (κ1) is 25.7. The van der Waals surface area contributed by atoms with Gasteiger partial charge >= 0.3 is 6.09 Å². The van der Waals surface area contributed by atoms with Crippen molar-refractivity contribution < 1.29 is 14.3 Å². The number of pyridine rings is 1. The number of carbonyl (C=O) groups excluding carboxylic acids is 2. The number of benzene rings is 1. The third-order valence-corrected chi connectivity index (χ3v) is 4.86.